The third kappa shape index (κ3) is 5.22. The Kier molecular flexibility index (Phi) is 6.17. The number of carbonyl (C=O) groups is 2. The van der Waals surface area contributed by atoms with E-state index in [1.807, 2.05) is 18.2 Å². The van der Waals surface area contributed by atoms with Crippen LogP contribution < -0.4 is 20.7 Å². The van der Waals surface area contributed by atoms with Crippen LogP contribution >= 0.6 is 0 Å². The average Bonchev–Trinajstić information content (AvgIpc) is 2.81. The van der Waals surface area contributed by atoms with E-state index in [9.17, 15) is 9.59 Å². The van der Waals surface area contributed by atoms with E-state index >= 15 is 0 Å². The van der Waals surface area contributed by atoms with Crippen molar-refractivity contribution >= 4 is 17.5 Å². The molecule has 6 heteroatoms. The van der Waals surface area contributed by atoms with Gasteiger partial charge in [0.05, 0.1) is 0 Å². The Hall–Kier alpha value is -3.80. The molecule has 4 rings (SSSR count). The van der Waals surface area contributed by atoms with Gasteiger partial charge in [-0.2, -0.15) is 0 Å². The van der Waals surface area contributed by atoms with E-state index in [4.69, 9.17) is 10.5 Å². The molecular formula is C25H25N3O3. The van der Waals surface area contributed by atoms with Crippen LogP contribution in [0.4, 0.5) is 5.69 Å². The maximum absolute atomic E-state index is 12.7. The number of anilines is 1. The van der Waals surface area contributed by atoms with Crippen LogP contribution in [-0.4, -0.2) is 30.9 Å². The molecule has 2 amide bonds. The number of hydrogen-bond acceptors (Lipinski definition) is 4. The molecule has 1 saturated heterocycles. The highest BCUT2D eigenvalue weighted by Crippen LogP contribution is 2.23. The second-order valence-corrected chi connectivity index (χ2v) is 7.61. The summed E-state index contributed by atoms with van der Waals surface area (Å²) >= 11 is 0. The first kappa shape index (κ1) is 20.5. The number of piperidine rings is 1. The molecule has 6 nitrogen and oxygen atoms in total. The largest absolute Gasteiger partial charge is 0.457 e. The lowest BCUT2D eigenvalue weighted by Crippen LogP contribution is -2.47. The fourth-order valence-corrected chi connectivity index (χ4v) is 3.73. The first-order chi connectivity index (χ1) is 15.1. The molecule has 0 saturated carbocycles. The Balaban J connectivity index is 1.34. The molecular weight excluding hydrogens is 390 g/mol. The van der Waals surface area contributed by atoms with Crippen molar-refractivity contribution in [1.29, 1.82) is 0 Å². The average molecular weight is 415 g/mol. The fourth-order valence-electron chi connectivity index (χ4n) is 3.73. The van der Waals surface area contributed by atoms with Crippen molar-refractivity contribution in [3.8, 4) is 11.5 Å². The van der Waals surface area contributed by atoms with Crippen molar-refractivity contribution in [2.24, 2.45) is 5.73 Å². The topological polar surface area (TPSA) is 84.7 Å². The number of nitrogens with zero attached hydrogens (tertiary/aromatic N) is 1. The number of nitrogens with one attached hydrogen (secondary N) is 1. The van der Waals surface area contributed by atoms with E-state index in [1.165, 1.54) is 5.69 Å². The molecule has 0 spiro atoms. The molecule has 1 unspecified atom stereocenters. The van der Waals surface area contributed by atoms with Gasteiger partial charge in [-0.15, -0.1) is 0 Å². The van der Waals surface area contributed by atoms with Crippen LogP contribution in [0.25, 0.3) is 0 Å². The summed E-state index contributed by atoms with van der Waals surface area (Å²) in [7, 11) is 0. The monoisotopic (exact) mass is 415 g/mol. The van der Waals surface area contributed by atoms with E-state index in [2.05, 4.69) is 22.3 Å². The van der Waals surface area contributed by atoms with E-state index < -0.39 is 5.91 Å². The third-order valence-electron chi connectivity index (χ3n) is 5.37. The summed E-state index contributed by atoms with van der Waals surface area (Å²) < 4.78 is 5.77. The Morgan fingerprint density at radius 2 is 1.48 bits per heavy atom. The number of para-hydroxylation sites is 1. The summed E-state index contributed by atoms with van der Waals surface area (Å²) in [6.07, 6.45) is 2.01. The van der Waals surface area contributed by atoms with Crippen LogP contribution in [0.3, 0.4) is 0 Å². The maximum Gasteiger partial charge on any atom is 0.251 e. The number of rotatable bonds is 6. The standard InChI is InChI=1S/C25H25N3O3/c26-24(29)18-8-12-22(13-9-18)31-23-14-10-19(11-15-23)25(30)27-20-5-4-16-28(17-20)21-6-2-1-3-7-21/h1-3,6-15,20H,4-5,16-17H2,(H2,26,29)(H,27,30). The number of carbonyl (C=O) groups excluding carboxylic acids is 2. The normalized spacial score (nSPS) is 15.9. The summed E-state index contributed by atoms with van der Waals surface area (Å²) in [6, 6.07) is 24.0. The molecule has 0 aliphatic carbocycles. The Bertz CT molecular complexity index is 1030. The number of nitrogens with two attached hydrogens (primary N) is 1. The van der Waals surface area contributed by atoms with Gasteiger partial charge in [0.25, 0.3) is 5.91 Å². The van der Waals surface area contributed by atoms with Crippen LogP contribution in [0, 0.1) is 0 Å². The molecule has 0 radical (unpaired) electrons. The highest BCUT2D eigenvalue weighted by molar-refractivity contribution is 5.94. The molecule has 1 aliphatic heterocycles. The lowest BCUT2D eigenvalue weighted by atomic mass is 10.0. The predicted molar refractivity (Wildman–Crippen MR) is 121 cm³/mol. The van der Waals surface area contributed by atoms with Gasteiger partial charge < -0.3 is 20.7 Å². The highest BCUT2D eigenvalue weighted by Gasteiger charge is 2.22. The summed E-state index contributed by atoms with van der Waals surface area (Å²) in [5.41, 5.74) is 7.45. The molecule has 31 heavy (non-hydrogen) atoms. The summed E-state index contributed by atoms with van der Waals surface area (Å²) in [4.78, 5) is 26.2. The van der Waals surface area contributed by atoms with Crippen LogP contribution in [0.1, 0.15) is 33.6 Å². The van der Waals surface area contributed by atoms with E-state index in [1.54, 1.807) is 48.5 Å². The van der Waals surface area contributed by atoms with Crippen LogP contribution in [0.5, 0.6) is 11.5 Å². The lowest BCUT2D eigenvalue weighted by Gasteiger charge is -2.34. The number of primary amides is 1. The molecule has 3 aromatic carbocycles. The van der Waals surface area contributed by atoms with Crippen molar-refractivity contribution in [3.05, 3.63) is 90.0 Å². The van der Waals surface area contributed by atoms with E-state index in [0.717, 1.165) is 25.9 Å². The van der Waals surface area contributed by atoms with E-state index in [0.29, 0.717) is 22.6 Å². The zero-order valence-corrected chi connectivity index (χ0v) is 17.2. The zero-order valence-electron chi connectivity index (χ0n) is 17.2. The molecule has 158 valence electrons. The number of amides is 2. The molecule has 1 heterocycles. The predicted octanol–water partition coefficient (Wildman–Crippen LogP) is 3.98. The molecule has 1 atom stereocenters. The third-order valence-corrected chi connectivity index (χ3v) is 5.37. The van der Waals surface area contributed by atoms with Crippen molar-refractivity contribution in [3.63, 3.8) is 0 Å². The van der Waals surface area contributed by atoms with Gasteiger partial charge in [-0.25, -0.2) is 0 Å². The fraction of sp³-hybridized carbons (Fsp3) is 0.200. The quantitative estimate of drug-likeness (QED) is 0.638. The number of hydrogen-bond donors (Lipinski definition) is 2. The molecule has 1 aliphatic rings. The minimum Gasteiger partial charge on any atom is -0.457 e. The first-order valence-corrected chi connectivity index (χ1v) is 10.4. The smallest absolute Gasteiger partial charge is 0.251 e. The second kappa shape index (κ2) is 9.34. The molecule has 0 aromatic heterocycles. The maximum atomic E-state index is 12.7. The van der Waals surface area contributed by atoms with Gasteiger partial charge in [-0.3, -0.25) is 9.59 Å². The van der Waals surface area contributed by atoms with Gasteiger partial charge in [0.1, 0.15) is 11.5 Å². The first-order valence-electron chi connectivity index (χ1n) is 10.4. The minimum atomic E-state index is -0.480. The van der Waals surface area contributed by atoms with Crippen molar-refractivity contribution in [2.45, 2.75) is 18.9 Å². The van der Waals surface area contributed by atoms with Gasteiger partial charge in [0.15, 0.2) is 0 Å². The lowest BCUT2D eigenvalue weighted by molar-refractivity contribution is 0.0932. The molecule has 0 bridgehead atoms. The Labute approximate surface area is 181 Å². The van der Waals surface area contributed by atoms with Gasteiger partial charge >= 0.3 is 0 Å². The number of benzene rings is 3. The van der Waals surface area contributed by atoms with Crippen molar-refractivity contribution in [2.75, 3.05) is 18.0 Å². The molecule has 3 aromatic rings. The van der Waals surface area contributed by atoms with Gasteiger partial charge in [0.2, 0.25) is 5.91 Å². The summed E-state index contributed by atoms with van der Waals surface area (Å²) in [5.74, 6) is 0.630. The van der Waals surface area contributed by atoms with E-state index in [-0.39, 0.29) is 11.9 Å². The summed E-state index contributed by atoms with van der Waals surface area (Å²) in [5, 5.41) is 3.16. The number of ether oxygens (including phenoxy) is 1. The van der Waals surface area contributed by atoms with Crippen LogP contribution in [0.15, 0.2) is 78.9 Å². The molecule has 1 fully saturated rings. The molecule has 3 N–H and O–H groups in total. The minimum absolute atomic E-state index is 0.0859. The van der Waals surface area contributed by atoms with Crippen molar-refractivity contribution in [1.82, 2.24) is 5.32 Å². The Morgan fingerprint density at radius 1 is 0.871 bits per heavy atom. The zero-order chi connectivity index (χ0) is 21.6. The van der Waals surface area contributed by atoms with Gasteiger partial charge in [0, 0.05) is 35.9 Å². The van der Waals surface area contributed by atoms with Crippen LogP contribution in [-0.2, 0) is 0 Å². The van der Waals surface area contributed by atoms with Gasteiger partial charge in [-0.1, -0.05) is 18.2 Å². The second-order valence-electron chi connectivity index (χ2n) is 7.61. The van der Waals surface area contributed by atoms with Gasteiger partial charge in [-0.05, 0) is 73.5 Å². The summed E-state index contributed by atoms with van der Waals surface area (Å²) in [6.45, 7) is 1.81. The van der Waals surface area contributed by atoms with Crippen LogP contribution in [0.2, 0.25) is 0 Å². The van der Waals surface area contributed by atoms with Crippen molar-refractivity contribution < 1.29 is 14.3 Å². The highest BCUT2D eigenvalue weighted by atomic mass is 16.5. The SMILES string of the molecule is NC(=O)c1ccc(Oc2ccc(C(=O)NC3CCCN(c4ccccc4)C3)cc2)cc1. The Morgan fingerprint density at radius 3 is 2.10 bits per heavy atom.